The van der Waals surface area contributed by atoms with E-state index in [1.807, 2.05) is 72.8 Å². The Kier molecular flexibility index (Phi) is 5.32. The molecule has 0 radical (unpaired) electrons. The number of nitrogens with zero attached hydrogens (tertiary/aromatic N) is 4. The molecular weight excluding hydrogens is 428 g/mol. The molecule has 7 heteroatoms. The third kappa shape index (κ3) is 3.87. The van der Waals surface area contributed by atoms with Gasteiger partial charge in [-0.1, -0.05) is 53.7 Å². The summed E-state index contributed by atoms with van der Waals surface area (Å²) in [4.78, 5) is 4.31. The van der Waals surface area contributed by atoms with Crippen molar-refractivity contribution < 1.29 is 5.11 Å². The molecule has 31 heavy (non-hydrogen) atoms. The predicted molar refractivity (Wildman–Crippen MR) is 125 cm³/mol. The predicted octanol–water partition coefficient (Wildman–Crippen LogP) is 6.13. The largest absolute Gasteiger partial charge is 0.506 e. The highest BCUT2D eigenvalue weighted by molar-refractivity contribution is 7.98. The highest BCUT2D eigenvalue weighted by atomic mass is 35.5. The number of hydrogen-bond acceptors (Lipinski definition) is 5. The Morgan fingerprint density at radius 2 is 1.68 bits per heavy atom. The van der Waals surface area contributed by atoms with Gasteiger partial charge in [0.2, 0.25) is 0 Å². The van der Waals surface area contributed by atoms with Crippen LogP contribution in [0.4, 0.5) is 0 Å². The van der Waals surface area contributed by atoms with Crippen LogP contribution < -0.4 is 0 Å². The standard InChI is InChI=1S/C24H17ClN4OS/c25-18-11-8-16(9-12-18)23-27-28-24(29(23)19-5-2-1-3-6-19)31-15-17-10-13-21(30)22-20(17)7-4-14-26-22/h1-14,30H,15H2. The average molecular weight is 445 g/mol. The first-order valence-electron chi connectivity index (χ1n) is 9.66. The van der Waals surface area contributed by atoms with E-state index < -0.39 is 0 Å². The second-order valence-corrected chi connectivity index (χ2v) is 8.30. The molecule has 5 rings (SSSR count). The van der Waals surface area contributed by atoms with Gasteiger partial charge in [0.05, 0.1) is 0 Å². The van der Waals surface area contributed by atoms with Crippen molar-refractivity contribution in [3.05, 3.63) is 95.6 Å². The average Bonchev–Trinajstić information content (AvgIpc) is 3.24. The van der Waals surface area contributed by atoms with Crippen molar-refractivity contribution in [2.75, 3.05) is 0 Å². The molecule has 0 aliphatic heterocycles. The summed E-state index contributed by atoms with van der Waals surface area (Å²) in [7, 11) is 0. The number of benzene rings is 3. The lowest BCUT2D eigenvalue weighted by atomic mass is 10.1. The van der Waals surface area contributed by atoms with Crippen molar-refractivity contribution >= 4 is 34.3 Å². The van der Waals surface area contributed by atoms with Crippen LogP contribution in [0.2, 0.25) is 5.02 Å². The fourth-order valence-electron chi connectivity index (χ4n) is 3.44. The van der Waals surface area contributed by atoms with Crippen LogP contribution in [0.5, 0.6) is 5.75 Å². The Hall–Kier alpha value is -3.35. The Bertz CT molecular complexity index is 1350. The molecule has 0 bridgehead atoms. The molecule has 0 unspecified atom stereocenters. The Labute approximate surface area is 188 Å². The maximum Gasteiger partial charge on any atom is 0.196 e. The van der Waals surface area contributed by atoms with E-state index in [1.165, 1.54) is 0 Å². The summed E-state index contributed by atoms with van der Waals surface area (Å²) < 4.78 is 2.05. The summed E-state index contributed by atoms with van der Waals surface area (Å²) in [5, 5.41) is 21.5. The monoisotopic (exact) mass is 444 g/mol. The quantitative estimate of drug-likeness (QED) is 0.330. The zero-order chi connectivity index (χ0) is 21.2. The van der Waals surface area contributed by atoms with Crippen LogP contribution in [0, 0.1) is 0 Å². The number of phenolic OH excluding ortho intramolecular Hbond substituents is 1. The number of hydrogen-bond donors (Lipinski definition) is 1. The number of aromatic nitrogens is 4. The first-order valence-corrected chi connectivity index (χ1v) is 11.0. The molecule has 3 aromatic carbocycles. The maximum atomic E-state index is 10.1. The van der Waals surface area contributed by atoms with E-state index in [2.05, 4.69) is 19.7 Å². The molecule has 0 amide bonds. The molecule has 0 spiro atoms. The number of rotatable bonds is 5. The number of halogens is 1. The van der Waals surface area contributed by atoms with Crippen molar-refractivity contribution in [3.8, 4) is 22.8 Å². The third-order valence-electron chi connectivity index (χ3n) is 4.95. The first-order chi connectivity index (χ1) is 15.2. The SMILES string of the molecule is Oc1ccc(CSc2nnc(-c3ccc(Cl)cc3)n2-c2ccccc2)c2cccnc12. The number of fused-ring (bicyclic) bond motifs is 1. The minimum Gasteiger partial charge on any atom is -0.506 e. The van der Waals surface area contributed by atoms with E-state index in [9.17, 15) is 5.11 Å². The van der Waals surface area contributed by atoms with E-state index in [4.69, 9.17) is 11.6 Å². The Balaban J connectivity index is 1.54. The zero-order valence-corrected chi connectivity index (χ0v) is 17.9. The van der Waals surface area contributed by atoms with Crippen LogP contribution in [0.1, 0.15) is 5.56 Å². The zero-order valence-electron chi connectivity index (χ0n) is 16.3. The molecule has 0 saturated carbocycles. The van der Waals surface area contributed by atoms with Crippen LogP contribution in [-0.2, 0) is 5.75 Å². The normalized spacial score (nSPS) is 11.1. The van der Waals surface area contributed by atoms with Crippen molar-refractivity contribution in [2.45, 2.75) is 10.9 Å². The summed E-state index contributed by atoms with van der Waals surface area (Å²) in [5.74, 6) is 1.60. The van der Waals surface area contributed by atoms with Gasteiger partial charge >= 0.3 is 0 Å². The highest BCUT2D eigenvalue weighted by Crippen LogP contribution is 2.33. The van der Waals surface area contributed by atoms with Gasteiger partial charge in [-0.2, -0.15) is 0 Å². The van der Waals surface area contributed by atoms with E-state index in [0.29, 0.717) is 16.3 Å². The molecule has 0 aliphatic carbocycles. The van der Waals surface area contributed by atoms with Crippen molar-refractivity contribution in [2.24, 2.45) is 0 Å². The molecule has 152 valence electrons. The van der Waals surface area contributed by atoms with Gasteiger partial charge in [0, 0.05) is 33.6 Å². The summed E-state index contributed by atoms with van der Waals surface area (Å²) in [5.41, 5.74) is 3.60. The smallest absolute Gasteiger partial charge is 0.196 e. The Morgan fingerprint density at radius 1 is 0.871 bits per heavy atom. The highest BCUT2D eigenvalue weighted by Gasteiger charge is 2.17. The van der Waals surface area contributed by atoms with Gasteiger partial charge in [-0.05, 0) is 54.1 Å². The van der Waals surface area contributed by atoms with Crippen molar-refractivity contribution in [3.63, 3.8) is 0 Å². The van der Waals surface area contributed by atoms with Crippen LogP contribution in [-0.4, -0.2) is 24.9 Å². The van der Waals surface area contributed by atoms with Crippen LogP contribution in [0.25, 0.3) is 28.0 Å². The van der Waals surface area contributed by atoms with E-state index in [1.54, 1.807) is 24.0 Å². The van der Waals surface area contributed by atoms with Crippen molar-refractivity contribution in [1.82, 2.24) is 19.7 Å². The molecule has 2 aromatic heterocycles. The van der Waals surface area contributed by atoms with Gasteiger partial charge in [0.25, 0.3) is 0 Å². The van der Waals surface area contributed by atoms with E-state index >= 15 is 0 Å². The number of aromatic hydroxyl groups is 1. The maximum absolute atomic E-state index is 10.1. The summed E-state index contributed by atoms with van der Waals surface area (Å²) in [6.45, 7) is 0. The fourth-order valence-corrected chi connectivity index (χ4v) is 4.53. The number of phenols is 1. The van der Waals surface area contributed by atoms with Crippen LogP contribution in [0.3, 0.4) is 0 Å². The molecule has 0 saturated heterocycles. The van der Waals surface area contributed by atoms with Crippen molar-refractivity contribution in [1.29, 1.82) is 0 Å². The molecule has 1 N–H and O–H groups in total. The van der Waals surface area contributed by atoms with Gasteiger partial charge in [-0.25, -0.2) is 0 Å². The first kappa shape index (κ1) is 19.6. The van der Waals surface area contributed by atoms with Gasteiger partial charge in [0.15, 0.2) is 11.0 Å². The minimum absolute atomic E-state index is 0.182. The Morgan fingerprint density at radius 3 is 2.48 bits per heavy atom. The second kappa shape index (κ2) is 8.41. The lowest BCUT2D eigenvalue weighted by molar-refractivity contribution is 0.480. The summed E-state index contributed by atoms with van der Waals surface area (Å²) >= 11 is 7.66. The molecule has 5 aromatic rings. The lowest BCUT2D eigenvalue weighted by Crippen LogP contribution is -1.99. The summed E-state index contributed by atoms with van der Waals surface area (Å²) in [6.07, 6.45) is 1.68. The van der Waals surface area contributed by atoms with E-state index in [0.717, 1.165) is 33.2 Å². The van der Waals surface area contributed by atoms with Gasteiger partial charge in [-0.3, -0.25) is 9.55 Å². The lowest BCUT2D eigenvalue weighted by Gasteiger charge is -2.11. The van der Waals surface area contributed by atoms with Crippen LogP contribution >= 0.6 is 23.4 Å². The molecule has 0 fully saturated rings. The molecular formula is C24H17ClN4OS. The second-order valence-electron chi connectivity index (χ2n) is 6.92. The summed E-state index contributed by atoms with van der Waals surface area (Å²) in [6, 6.07) is 25.1. The number of thioether (sulfide) groups is 1. The van der Waals surface area contributed by atoms with Gasteiger partial charge in [-0.15, -0.1) is 10.2 Å². The molecule has 2 heterocycles. The fraction of sp³-hybridized carbons (Fsp3) is 0.0417. The van der Waals surface area contributed by atoms with E-state index in [-0.39, 0.29) is 5.75 Å². The minimum atomic E-state index is 0.182. The molecule has 0 aliphatic rings. The topological polar surface area (TPSA) is 63.8 Å². The number of para-hydroxylation sites is 1. The number of pyridine rings is 1. The van der Waals surface area contributed by atoms with Crippen LogP contribution in [0.15, 0.2) is 90.2 Å². The molecule has 0 atom stereocenters. The molecule has 5 nitrogen and oxygen atoms in total. The third-order valence-corrected chi connectivity index (χ3v) is 6.18. The van der Waals surface area contributed by atoms with Gasteiger partial charge in [0.1, 0.15) is 11.3 Å². The van der Waals surface area contributed by atoms with Gasteiger partial charge < -0.3 is 5.11 Å².